The van der Waals surface area contributed by atoms with E-state index in [1.165, 1.54) is 19.3 Å². The Labute approximate surface area is 121 Å². The van der Waals surface area contributed by atoms with Gasteiger partial charge in [-0.1, -0.05) is 6.92 Å². The fraction of sp³-hybridized carbons (Fsp3) is 0.750. The standard InChI is InChI=1S/C16H27NO3/c1-3-17-15(9-7-13-6-4-5-11-19-13)16-10-8-14(20-16)12-18-2/h8,10,13,15,17H,3-7,9,11-12H2,1-2H3. The summed E-state index contributed by atoms with van der Waals surface area (Å²) >= 11 is 0. The molecule has 1 aromatic heterocycles. The second kappa shape index (κ2) is 8.45. The lowest BCUT2D eigenvalue weighted by Gasteiger charge is -2.24. The molecular formula is C16H27NO3. The summed E-state index contributed by atoms with van der Waals surface area (Å²) in [4.78, 5) is 0. The summed E-state index contributed by atoms with van der Waals surface area (Å²) in [6.45, 7) is 4.53. The summed E-state index contributed by atoms with van der Waals surface area (Å²) in [5, 5.41) is 3.50. The van der Waals surface area contributed by atoms with Gasteiger partial charge in [0, 0.05) is 13.7 Å². The molecule has 0 bridgehead atoms. The van der Waals surface area contributed by atoms with Gasteiger partial charge in [-0.2, -0.15) is 0 Å². The van der Waals surface area contributed by atoms with Crippen LogP contribution in [0.3, 0.4) is 0 Å². The Morgan fingerprint density at radius 1 is 1.40 bits per heavy atom. The smallest absolute Gasteiger partial charge is 0.129 e. The zero-order valence-corrected chi connectivity index (χ0v) is 12.7. The van der Waals surface area contributed by atoms with Gasteiger partial charge in [-0.3, -0.25) is 0 Å². The number of furan rings is 1. The summed E-state index contributed by atoms with van der Waals surface area (Å²) in [7, 11) is 1.68. The Bertz CT molecular complexity index is 372. The van der Waals surface area contributed by atoms with Crippen LogP contribution >= 0.6 is 0 Å². The predicted molar refractivity (Wildman–Crippen MR) is 78.7 cm³/mol. The molecule has 1 fully saturated rings. The van der Waals surface area contributed by atoms with Gasteiger partial charge >= 0.3 is 0 Å². The third-order valence-electron chi connectivity index (χ3n) is 3.81. The molecule has 0 radical (unpaired) electrons. The second-order valence-corrected chi connectivity index (χ2v) is 5.41. The quantitative estimate of drug-likeness (QED) is 0.793. The largest absolute Gasteiger partial charge is 0.462 e. The van der Waals surface area contributed by atoms with Crippen LogP contribution in [-0.4, -0.2) is 26.4 Å². The van der Waals surface area contributed by atoms with E-state index in [2.05, 4.69) is 18.3 Å². The first-order valence-corrected chi connectivity index (χ1v) is 7.76. The SMILES string of the molecule is CCNC(CCC1CCCCO1)c1ccc(COC)o1. The zero-order valence-electron chi connectivity index (χ0n) is 12.7. The molecule has 4 heteroatoms. The molecule has 2 unspecified atom stereocenters. The average Bonchev–Trinajstić information content (AvgIpc) is 2.93. The first-order valence-electron chi connectivity index (χ1n) is 7.76. The minimum atomic E-state index is 0.274. The van der Waals surface area contributed by atoms with Crippen molar-refractivity contribution < 1.29 is 13.9 Å². The lowest BCUT2D eigenvalue weighted by molar-refractivity contribution is 0.00818. The molecule has 114 valence electrons. The molecule has 2 rings (SSSR count). The normalized spacial score (nSPS) is 21.0. The lowest BCUT2D eigenvalue weighted by Crippen LogP contribution is -2.24. The third-order valence-corrected chi connectivity index (χ3v) is 3.81. The van der Waals surface area contributed by atoms with Crippen LogP contribution in [0.15, 0.2) is 16.5 Å². The van der Waals surface area contributed by atoms with Gasteiger partial charge in [0.25, 0.3) is 0 Å². The summed E-state index contributed by atoms with van der Waals surface area (Å²) in [5.74, 6) is 1.90. The van der Waals surface area contributed by atoms with Crippen molar-refractivity contribution >= 4 is 0 Å². The van der Waals surface area contributed by atoms with Crippen LogP contribution in [0.1, 0.15) is 56.6 Å². The minimum Gasteiger partial charge on any atom is -0.462 e. The lowest BCUT2D eigenvalue weighted by atomic mass is 10.0. The van der Waals surface area contributed by atoms with Gasteiger partial charge < -0.3 is 19.2 Å². The van der Waals surface area contributed by atoms with E-state index >= 15 is 0 Å². The highest BCUT2D eigenvalue weighted by molar-refractivity contribution is 5.10. The highest BCUT2D eigenvalue weighted by Gasteiger charge is 2.19. The Balaban J connectivity index is 1.87. The number of hydrogen-bond acceptors (Lipinski definition) is 4. The maximum absolute atomic E-state index is 5.85. The maximum atomic E-state index is 5.85. The molecule has 0 amide bonds. The molecule has 0 saturated carbocycles. The van der Waals surface area contributed by atoms with E-state index in [-0.39, 0.29) is 6.04 Å². The van der Waals surface area contributed by atoms with E-state index < -0.39 is 0 Å². The predicted octanol–water partition coefficient (Wildman–Crippen LogP) is 3.43. The molecule has 0 aromatic carbocycles. The Hall–Kier alpha value is -0.840. The topological polar surface area (TPSA) is 43.6 Å². The van der Waals surface area contributed by atoms with E-state index in [9.17, 15) is 0 Å². The molecule has 1 saturated heterocycles. The van der Waals surface area contributed by atoms with E-state index in [1.807, 2.05) is 6.07 Å². The average molecular weight is 281 g/mol. The van der Waals surface area contributed by atoms with Crippen molar-refractivity contribution in [3.8, 4) is 0 Å². The summed E-state index contributed by atoms with van der Waals surface area (Å²) in [6, 6.07) is 4.33. The van der Waals surface area contributed by atoms with E-state index in [4.69, 9.17) is 13.9 Å². The summed E-state index contributed by atoms with van der Waals surface area (Å²) < 4.78 is 16.8. The van der Waals surface area contributed by atoms with Crippen LogP contribution in [0.2, 0.25) is 0 Å². The van der Waals surface area contributed by atoms with Crippen molar-refractivity contribution in [3.63, 3.8) is 0 Å². The molecule has 1 aliphatic rings. The van der Waals surface area contributed by atoms with Gasteiger partial charge in [-0.05, 0) is 50.8 Å². The Kier molecular flexibility index (Phi) is 6.57. The number of rotatable bonds is 8. The Morgan fingerprint density at radius 2 is 2.30 bits per heavy atom. The monoisotopic (exact) mass is 281 g/mol. The fourth-order valence-corrected chi connectivity index (χ4v) is 2.78. The number of nitrogens with one attached hydrogen (secondary N) is 1. The molecule has 4 nitrogen and oxygen atoms in total. The molecule has 1 N–H and O–H groups in total. The van der Waals surface area contributed by atoms with Crippen LogP contribution in [0, 0.1) is 0 Å². The van der Waals surface area contributed by atoms with Gasteiger partial charge in [-0.25, -0.2) is 0 Å². The molecule has 2 heterocycles. The van der Waals surface area contributed by atoms with Crippen LogP contribution in [0.5, 0.6) is 0 Å². The number of hydrogen-bond donors (Lipinski definition) is 1. The first kappa shape index (κ1) is 15.5. The summed E-state index contributed by atoms with van der Waals surface area (Å²) in [6.07, 6.45) is 6.29. The molecule has 1 aromatic rings. The van der Waals surface area contributed by atoms with Crippen molar-refractivity contribution in [2.45, 2.75) is 57.8 Å². The van der Waals surface area contributed by atoms with E-state index in [1.54, 1.807) is 7.11 Å². The highest BCUT2D eigenvalue weighted by Crippen LogP contribution is 2.25. The van der Waals surface area contributed by atoms with Crippen molar-refractivity contribution in [2.75, 3.05) is 20.3 Å². The van der Waals surface area contributed by atoms with Crippen LogP contribution in [0.4, 0.5) is 0 Å². The minimum absolute atomic E-state index is 0.274. The van der Waals surface area contributed by atoms with E-state index in [0.717, 1.165) is 37.5 Å². The maximum Gasteiger partial charge on any atom is 0.129 e. The van der Waals surface area contributed by atoms with Gasteiger partial charge in [-0.15, -0.1) is 0 Å². The third kappa shape index (κ3) is 4.62. The van der Waals surface area contributed by atoms with Crippen molar-refractivity contribution in [1.29, 1.82) is 0 Å². The van der Waals surface area contributed by atoms with Gasteiger partial charge in [0.1, 0.15) is 18.1 Å². The van der Waals surface area contributed by atoms with Crippen molar-refractivity contribution in [2.24, 2.45) is 0 Å². The van der Waals surface area contributed by atoms with Crippen LogP contribution < -0.4 is 5.32 Å². The van der Waals surface area contributed by atoms with Crippen molar-refractivity contribution in [3.05, 3.63) is 23.7 Å². The summed E-state index contributed by atoms with van der Waals surface area (Å²) in [5.41, 5.74) is 0. The molecule has 1 aliphatic heterocycles. The molecular weight excluding hydrogens is 254 g/mol. The fourth-order valence-electron chi connectivity index (χ4n) is 2.78. The van der Waals surface area contributed by atoms with E-state index in [0.29, 0.717) is 12.7 Å². The van der Waals surface area contributed by atoms with Gasteiger partial charge in [0.15, 0.2) is 0 Å². The highest BCUT2D eigenvalue weighted by atomic mass is 16.5. The number of ether oxygens (including phenoxy) is 2. The zero-order chi connectivity index (χ0) is 14.2. The molecule has 2 atom stereocenters. The van der Waals surface area contributed by atoms with Gasteiger partial charge in [0.05, 0.1) is 12.1 Å². The molecule has 20 heavy (non-hydrogen) atoms. The molecule has 0 spiro atoms. The molecule has 0 aliphatic carbocycles. The Morgan fingerprint density at radius 3 is 3.00 bits per heavy atom. The van der Waals surface area contributed by atoms with Crippen LogP contribution in [-0.2, 0) is 16.1 Å². The number of methoxy groups -OCH3 is 1. The van der Waals surface area contributed by atoms with Gasteiger partial charge in [0.2, 0.25) is 0 Å². The first-order chi connectivity index (χ1) is 9.83. The second-order valence-electron chi connectivity index (χ2n) is 5.41. The van der Waals surface area contributed by atoms with Crippen molar-refractivity contribution in [1.82, 2.24) is 5.32 Å². The van der Waals surface area contributed by atoms with Crippen LogP contribution in [0.25, 0.3) is 0 Å².